The molecule has 0 aromatic carbocycles. The van der Waals surface area contributed by atoms with Gasteiger partial charge in [0.15, 0.2) is 6.29 Å². The molecule has 0 unspecified atom stereocenters. The number of aliphatic hydroxyl groups is 2. The van der Waals surface area contributed by atoms with Gasteiger partial charge in [0.1, 0.15) is 0 Å². The highest BCUT2D eigenvalue weighted by atomic mass is 16.5. The van der Waals surface area contributed by atoms with E-state index in [0.717, 1.165) is 17.6 Å². The minimum atomic E-state index is -1.10. The van der Waals surface area contributed by atoms with Crippen LogP contribution in [0.2, 0.25) is 0 Å². The van der Waals surface area contributed by atoms with Gasteiger partial charge in [0.2, 0.25) is 0 Å². The molecule has 0 radical (unpaired) electrons. The van der Waals surface area contributed by atoms with Crippen molar-refractivity contribution in [2.45, 2.75) is 39.9 Å². The molecule has 0 amide bonds. The van der Waals surface area contributed by atoms with Crippen LogP contribution in [0.15, 0.2) is 24.3 Å². The second-order valence-electron chi connectivity index (χ2n) is 3.68. The van der Waals surface area contributed by atoms with Crippen molar-refractivity contribution in [2.75, 3.05) is 13.2 Å². The maximum Gasteiger partial charge on any atom is 0.151 e. The predicted molar refractivity (Wildman–Crippen MR) is 63.6 cm³/mol. The zero-order chi connectivity index (χ0) is 12.3. The molecule has 0 atom stereocenters. The first-order chi connectivity index (χ1) is 6.90. The first-order valence-corrected chi connectivity index (χ1v) is 5.12. The zero-order valence-corrected chi connectivity index (χ0v) is 10.1. The predicted octanol–water partition coefficient (Wildman–Crippen LogP) is 2.25. The summed E-state index contributed by atoms with van der Waals surface area (Å²) in [6.07, 6.45) is 0.215. The fourth-order valence-corrected chi connectivity index (χ4v) is 0.658. The maximum atomic E-state index is 8.11. The highest BCUT2D eigenvalue weighted by Gasteiger charge is 1.89. The number of hydrogen-bond acceptors (Lipinski definition) is 3. The molecule has 0 aromatic heterocycles. The number of rotatable bonds is 6. The first kappa shape index (κ1) is 16.8. The molecule has 0 aliphatic carbocycles. The molecule has 0 heterocycles. The minimum absolute atomic E-state index is 0.486. The van der Waals surface area contributed by atoms with E-state index in [4.69, 9.17) is 14.9 Å². The third-order valence-electron chi connectivity index (χ3n) is 1.24. The van der Waals surface area contributed by atoms with Gasteiger partial charge >= 0.3 is 0 Å². The van der Waals surface area contributed by atoms with Gasteiger partial charge in [0.05, 0.1) is 13.2 Å². The molecule has 0 aromatic rings. The van der Waals surface area contributed by atoms with Crippen LogP contribution < -0.4 is 0 Å². The van der Waals surface area contributed by atoms with E-state index in [1.165, 1.54) is 0 Å². The van der Waals surface area contributed by atoms with Gasteiger partial charge in [-0.25, -0.2) is 0 Å². The normalized spacial score (nSPS) is 9.47. The molecule has 90 valence electrons. The average molecular weight is 216 g/mol. The monoisotopic (exact) mass is 216 g/mol. The molecule has 0 saturated carbocycles. The Balaban J connectivity index is 0. The highest BCUT2D eigenvalue weighted by molar-refractivity contribution is 4.91. The molecule has 0 saturated heterocycles. The van der Waals surface area contributed by atoms with Crippen LogP contribution in [-0.4, -0.2) is 29.7 Å². The van der Waals surface area contributed by atoms with Crippen molar-refractivity contribution < 1.29 is 14.9 Å². The van der Waals surface area contributed by atoms with Gasteiger partial charge in [-0.05, 0) is 20.3 Å². The van der Waals surface area contributed by atoms with Crippen molar-refractivity contribution in [2.24, 2.45) is 0 Å². The van der Waals surface area contributed by atoms with E-state index in [0.29, 0.717) is 19.6 Å². The molecule has 3 nitrogen and oxygen atoms in total. The molecule has 0 aliphatic heterocycles. The summed E-state index contributed by atoms with van der Waals surface area (Å²) < 4.78 is 5.16. The van der Waals surface area contributed by atoms with Gasteiger partial charge < -0.3 is 14.9 Å². The molecule has 0 spiro atoms. The Labute approximate surface area is 93.1 Å². The van der Waals surface area contributed by atoms with Gasteiger partial charge in [-0.3, -0.25) is 0 Å². The third kappa shape index (κ3) is 24.7. The van der Waals surface area contributed by atoms with Crippen molar-refractivity contribution in [3.05, 3.63) is 24.3 Å². The van der Waals surface area contributed by atoms with Gasteiger partial charge in [0, 0.05) is 0 Å². The van der Waals surface area contributed by atoms with Crippen LogP contribution in [0.3, 0.4) is 0 Å². The van der Waals surface area contributed by atoms with Gasteiger partial charge in [0.25, 0.3) is 0 Å². The average Bonchev–Trinajstić information content (AvgIpc) is 2.03. The van der Waals surface area contributed by atoms with Crippen LogP contribution in [0.5, 0.6) is 0 Å². The first-order valence-electron chi connectivity index (χ1n) is 5.12. The number of ether oxygens (including phenoxy) is 1. The van der Waals surface area contributed by atoms with Crippen molar-refractivity contribution in [1.82, 2.24) is 0 Å². The largest absolute Gasteiger partial charge is 0.373 e. The van der Waals surface area contributed by atoms with Crippen molar-refractivity contribution in [3.63, 3.8) is 0 Å². The second kappa shape index (κ2) is 11.4. The Morgan fingerprint density at radius 3 is 1.67 bits per heavy atom. The summed E-state index contributed by atoms with van der Waals surface area (Å²) >= 11 is 0. The molecule has 0 bridgehead atoms. The topological polar surface area (TPSA) is 49.7 Å². The lowest BCUT2D eigenvalue weighted by Crippen LogP contribution is -2.01. The van der Waals surface area contributed by atoms with Crippen molar-refractivity contribution >= 4 is 0 Å². The fraction of sp³-hybridized carbons (Fsp3) is 0.667. The SMILES string of the molecule is C=C(C)COCC(=C)C.CCCC(O)O. The fourth-order valence-electron chi connectivity index (χ4n) is 0.658. The lowest BCUT2D eigenvalue weighted by Gasteiger charge is -2.00. The molecule has 3 heteroatoms. The maximum absolute atomic E-state index is 8.11. The Morgan fingerprint density at radius 1 is 1.13 bits per heavy atom. The van der Waals surface area contributed by atoms with E-state index in [1.54, 1.807) is 0 Å². The molecule has 0 fully saturated rings. The van der Waals surface area contributed by atoms with Gasteiger partial charge in [-0.1, -0.05) is 37.6 Å². The van der Waals surface area contributed by atoms with E-state index in [-0.39, 0.29) is 0 Å². The van der Waals surface area contributed by atoms with Crippen LogP contribution in [0.1, 0.15) is 33.6 Å². The molecular weight excluding hydrogens is 192 g/mol. The summed E-state index contributed by atoms with van der Waals surface area (Å²) in [6.45, 7) is 14.5. The second-order valence-corrected chi connectivity index (χ2v) is 3.68. The van der Waals surface area contributed by atoms with E-state index in [1.807, 2.05) is 20.8 Å². The van der Waals surface area contributed by atoms with Crippen LogP contribution in [-0.2, 0) is 4.74 Å². The third-order valence-corrected chi connectivity index (χ3v) is 1.24. The summed E-state index contributed by atoms with van der Waals surface area (Å²) in [5, 5.41) is 16.2. The minimum Gasteiger partial charge on any atom is -0.373 e. The quantitative estimate of drug-likeness (QED) is 0.529. The Morgan fingerprint density at radius 2 is 1.53 bits per heavy atom. The Bertz CT molecular complexity index is 160. The van der Waals surface area contributed by atoms with E-state index < -0.39 is 6.29 Å². The van der Waals surface area contributed by atoms with Gasteiger partial charge in [-0.15, -0.1) is 0 Å². The van der Waals surface area contributed by atoms with Crippen molar-refractivity contribution in [1.29, 1.82) is 0 Å². The summed E-state index contributed by atoms with van der Waals surface area (Å²) in [6, 6.07) is 0. The molecular formula is C12H24O3. The van der Waals surface area contributed by atoms with Crippen molar-refractivity contribution in [3.8, 4) is 0 Å². The number of aliphatic hydroxyl groups excluding tert-OH is 1. The molecule has 15 heavy (non-hydrogen) atoms. The molecule has 0 aliphatic rings. The Hall–Kier alpha value is -0.640. The van der Waals surface area contributed by atoms with Crippen LogP contribution >= 0.6 is 0 Å². The molecule has 2 N–H and O–H groups in total. The summed E-state index contributed by atoms with van der Waals surface area (Å²) in [4.78, 5) is 0. The summed E-state index contributed by atoms with van der Waals surface area (Å²) in [5.74, 6) is 0. The smallest absolute Gasteiger partial charge is 0.151 e. The zero-order valence-electron chi connectivity index (χ0n) is 10.1. The lowest BCUT2D eigenvalue weighted by atomic mass is 10.3. The lowest BCUT2D eigenvalue weighted by molar-refractivity contribution is -0.0453. The van der Waals surface area contributed by atoms with Crippen LogP contribution in [0.25, 0.3) is 0 Å². The van der Waals surface area contributed by atoms with E-state index >= 15 is 0 Å². The number of hydrogen-bond donors (Lipinski definition) is 2. The Kier molecular flexibility index (Phi) is 12.8. The van der Waals surface area contributed by atoms with E-state index in [2.05, 4.69) is 13.2 Å². The van der Waals surface area contributed by atoms with E-state index in [9.17, 15) is 0 Å². The van der Waals surface area contributed by atoms with Crippen LogP contribution in [0.4, 0.5) is 0 Å². The summed E-state index contributed by atoms with van der Waals surface area (Å²) in [5.41, 5.74) is 2.10. The highest BCUT2D eigenvalue weighted by Crippen LogP contribution is 1.92. The van der Waals surface area contributed by atoms with Crippen LogP contribution in [0, 0.1) is 0 Å². The molecule has 0 rings (SSSR count). The summed E-state index contributed by atoms with van der Waals surface area (Å²) in [7, 11) is 0. The standard InChI is InChI=1S/C8H14O.C4H10O2/c1-7(2)5-9-6-8(3)4;1-2-3-4(5)6/h1,3,5-6H2,2,4H3;4-6H,2-3H2,1H3. The van der Waals surface area contributed by atoms with Gasteiger partial charge in [-0.2, -0.15) is 0 Å².